The van der Waals surface area contributed by atoms with Crippen molar-refractivity contribution >= 4 is 46.0 Å². The largest absolute Gasteiger partial charge is 0.470 e. The predicted octanol–water partition coefficient (Wildman–Crippen LogP) is 5.97. The van der Waals surface area contributed by atoms with Crippen molar-refractivity contribution in [3.63, 3.8) is 0 Å². The van der Waals surface area contributed by atoms with E-state index in [4.69, 9.17) is 16.3 Å². The molecule has 0 bridgehead atoms. The van der Waals surface area contributed by atoms with Gasteiger partial charge < -0.3 is 14.5 Å². The topological polar surface area (TPSA) is 93.5 Å². The normalized spacial score (nSPS) is 19.9. The molecular formula is C31H26ClF5N6O3S. The molecule has 9 nitrogen and oxygen atoms in total. The molecule has 0 unspecified atom stereocenters. The summed E-state index contributed by atoms with van der Waals surface area (Å²) < 4.78 is 81.8. The van der Waals surface area contributed by atoms with Crippen molar-refractivity contribution in [2.45, 2.75) is 49.7 Å². The Morgan fingerprint density at radius 1 is 1.11 bits per heavy atom. The van der Waals surface area contributed by atoms with Crippen LogP contribution in [0.3, 0.4) is 0 Å². The maximum absolute atomic E-state index is 15.4. The Kier molecular flexibility index (Phi) is 8.63. The Morgan fingerprint density at radius 2 is 1.83 bits per heavy atom. The second kappa shape index (κ2) is 12.4. The SMILES string of the molecule is C=CC(=O)N1[C@H](C)CN(c2nc(=O)n3c4c(c(-c5cc(Cl)c(F)cc5F)c(C(F)(F)F)cc24)SC[C@@H](Oc2cnccn2)C3)C[C@@H]1C. The van der Waals surface area contributed by atoms with Gasteiger partial charge in [0.15, 0.2) is 0 Å². The summed E-state index contributed by atoms with van der Waals surface area (Å²) in [5.74, 6) is -2.59. The van der Waals surface area contributed by atoms with E-state index in [-0.39, 0.29) is 58.8 Å². The number of piperazine rings is 1. The number of aromatic nitrogens is 4. The zero-order valence-electron chi connectivity index (χ0n) is 24.9. The van der Waals surface area contributed by atoms with Gasteiger partial charge in [-0.2, -0.15) is 18.2 Å². The monoisotopic (exact) mass is 692 g/mol. The van der Waals surface area contributed by atoms with Gasteiger partial charge in [0.1, 0.15) is 23.6 Å². The predicted molar refractivity (Wildman–Crippen MR) is 167 cm³/mol. The van der Waals surface area contributed by atoms with Gasteiger partial charge in [-0.15, -0.1) is 11.8 Å². The number of alkyl halides is 3. The van der Waals surface area contributed by atoms with E-state index in [0.717, 1.165) is 23.9 Å². The summed E-state index contributed by atoms with van der Waals surface area (Å²) >= 11 is 6.89. The fourth-order valence-electron chi connectivity index (χ4n) is 6.21. The smallest absolute Gasteiger partial charge is 0.417 e. The van der Waals surface area contributed by atoms with Crippen LogP contribution in [0.1, 0.15) is 19.4 Å². The number of anilines is 1. The van der Waals surface area contributed by atoms with Crippen molar-refractivity contribution in [2.75, 3.05) is 23.7 Å². The second-order valence-corrected chi connectivity index (χ2v) is 12.7. The molecule has 1 amide bonds. The van der Waals surface area contributed by atoms with Crippen LogP contribution in [0.4, 0.5) is 27.8 Å². The lowest BCUT2D eigenvalue weighted by atomic mass is 9.95. The molecule has 246 valence electrons. The zero-order valence-corrected chi connectivity index (χ0v) is 26.5. The minimum Gasteiger partial charge on any atom is -0.470 e. The first-order valence-corrected chi connectivity index (χ1v) is 15.7. The number of carbonyl (C=O) groups excluding carboxylic acids is 1. The summed E-state index contributed by atoms with van der Waals surface area (Å²) in [6, 6.07) is 1.25. The van der Waals surface area contributed by atoms with Crippen LogP contribution in [0.25, 0.3) is 22.0 Å². The van der Waals surface area contributed by atoms with Crippen molar-refractivity contribution in [2.24, 2.45) is 0 Å². The molecule has 2 aromatic carbocycles. The highest BCUT2D eigenvalue weighted by atomic mass is 35.5. The molecule has 0 saturated carbocycles. The summed E-state index contributed by atoms with van der Waals surface area (Å²) in [7, 11) is 0. The number of nitrogens with zero attached hydrogens (tertiary/aromatic N) is 6. The number of ether oxygens (including phenoxy) is 1. The van der Waals surface area contributed by atoms with Crippen LogP contribution >= 0.6 is 23.4 Å². The standard InChI is InChI=1S/C31H26ClF5N6O3S/c1-4-25(44)43-15(2)11-41(12-16(43)3)29-19-7-20(31(35,36)37)26(18-8-21(32)23(34)9-22(18)33)28-27(19)42(30(45)40-29)13-17(14-47-28)46-24-10-38-5-6-39-24/h4-10,15-17H,1,11-14H2,2-3H3/t15-,16+,17-/m0/s1. The maximum Gasteiger partial charge on any atom is 0.417 e. The molecule has 2 aliphatic heterocycles. The number of hydrogen-bond donors (Lipinski definition) is 0. The molecule has 1 saturated heterocycles. The van der Waals surface area contributed by atoms with Crippen LogP contribution in [-0.4, -0.2) is 67.4 Å². The van der Waals surface area contributed by atoms with E-state index < -0.39 is 63.4 Å². The molecule has 4 aromatic rings. The van der Waals surface area contributed by atoms with E-state index in [2.05, 4.69) is 21.5 Å². The number of hydrogen-bond acceptors (Lipinski definition) is 8. The van der Waals surface area contributed by atoms with E-state index >= 15 is 4.39 Å². The lowest BCUT2D eigenvalue weighted by Gasteiger charge is -2.44. The Balaban J connectivity index is 1.62. The number of rotatable bonds is 5. The average molecular weight is 693 g/mol. The summed E-state index contributed by atoms with van der Waals surface area (Å²) in [6.07, 6.45) is -0.450. The van der Waals surface area contributed by atoms with Crippen molar-refractivity contribution in [1.82, 2.24) is 24.4 Å². The zero-order chi connectivity index (χ0) is 33.8. The van der Waals surface area contributed by atoms with Crippen LogP contribution < -0.4 is 15.3 Å². The second-order valence-electron chi connectivity index (χ2n) is 11.2. The van der Waals surface area contributed by atoms with Gasteiger partial charge in [0.2, 0.25) is 11.8 Å². The first-order chi connectivity index (χ1) is 22.3. The third-order valence-corrected chi connectivity index (χ3v) is 9.57. The van der Waals surface area contributed by atoms with E-state index in [0.29, 0.717) is 6.07 Å². The third kappa shape index (κ3) is 6.02. The van der Waals surface area contributed by atoms with Gasteiger partial charge >= 0.3 is 11.9 Å². The highest BCUT2D eigenvalue weighted by molar-refractivity contribution is 7.99. The quantitative estimate of drug-likeness (QED) is 0.144. The van der Waals surface area contributed by atoms with Crippen molar-refractivity contribution in [1.29, 1.82) is 0 Å². The Labute approximate surface area is 274 Å². The highest BCUT2D eigenvalue weighted by Gasteiger charge is 2.40. The minimum absolute atomic E-state index is 0.0140. The Hall–Kier alpha value is -4.24. The molecule has 4 heterocycles. The van der Waals surface area contributed by atoms with Crippen molar-refractivity contribution < 1.29 is 31.5 Å². The van der Waals surface area contributed by atoms with Gasteiger partial charge in [0.05, 0.1) is 28.8 Å². The Bertz CT molecular complexity index is 1950. The molecule has 0 spiro atoms. The first kappa shape index (κ1) is 32.7. The molecule has 1 fully saturated rings. The number of carbonyl (C=O) groups is 1. The van der Waals surface area contributed by atoms with E-state index in [9.17, 15) is 27.2 Å². The summed E-state index contributed by atoms with van der Waals surface area (Å²) in [5.41, 5.74) is -3.11. The number of benzene rings is 2. The lowest BCUT2D eigenvalue weighted by molar-refractivity contribution is -0.137. The van der Waals surface area contributed by atoms with E-state index in [1.54, 1.807) is 23.6 Å². The van der Waals surface area contributed by atoms with Gasteiger partial charge in [-0.1, -0.05) is 18.2 Å². The van der Waals surface area contributed by atoms with E-state index in [1.807, 2.05) is 0 Å². The van der Waals surface area contributed by atoms with Gasteiger partial charge in [-0.3, -0.25) is 14.3 Å². The molecule has 47 heavy (non-hydrogen) atoms. The fraction of sp³-hybridized carbons (Fsp3) is 0.323. The maximum atomic E-state index is 15.4. The van der Waals surface area contributed by atoms with E-state index in [1.165, 1.54) is 29.2 Å². The highest BCUT2D eigenvalue weighted by Crippen LogP contribution is 2.49. The van der Waals surface area contributed by atoms with Gasteiger partial charge in [0.25, 0.3) is 0 Å². The molecule has 2 aliphatic rings. The van der Waals surface area contributed by atoms with Crippen molar-refractivity contribution in [3.05, 3.63) is 82.1 Å². The molecule has 0 aliphatic carbocycles. The summed E-state index contributed by atoms with van der Waals surface area (Å²) in [5, 5.41) is -0.591. The van der Waals surface area contributed by atoms with Gasteiger partial charge in [-0.05, 0) is 32.1 Å². The lowest BCUT2D eigenvalue weighted by Crippen LogP contribution is -2.58. The van der Waals surface area contributed by atoms with Crippen molar-refractivity contribution in [3.8, 4) is 17.0 Å². The molecule has 2 aromatic heterocycles. The fourth-order valence-corrected chi connectivity index (χ4v) is 7.62. The summed E-state index contributed by atoms with van der Waals surface area (Å²) in [4.78, 5) is 41.9. The number of amides is 1. The molecule has 3 atom stereocenters. The number of thioether (sulfide) groups is 1. The van der Waals surface area contributed by atoms with Crippen LogP contribution in [0.2, 0.25) is 5.02 Å². The molecule has 16 heteroatoms. The minimum atomic E-state index is -5.02. The first-order valence-electron chi connectivity index (χ1n) is 14.4. The molecule has 6 rings (SSSR count). The Morgan fingerprint density at radius 3 is 2.47 bits per heavy atom. The van der Waals surface area contributed by atoms with Gasteiger partial charge in [0, 0.05) is 70.8 Å². The number of halogens is 6. The van der Waals surface area contributed by atoms with Gasteiger partial charge in [-0.25, -0.2) is 18.6 Å². The van der Waals surface area contributed by atoms with Crippen LogP contribution in [-0.2, 0) is 17.5 Å². The van der Waals surface area contributed by atoms with Crippen LogP contribution in [0.5, 0.6) is 5.88 Å². The molecular weight excluding hydrogens is 667 g/mol. The third-order valence-electron chi connectivity index (χ3n) is 8.06. The molecule has 0 radical (unpaired) electrons. The van der Waals surface area contributed by atoms with Crippen LogP contribution in [0.15, 0.2) is 59.1 Å². The average Bonchev–Trinajstić information content (AvgIpc) is 3.20. The molecule has 0 N–H and O–H groups in total. The van der Waals surface area contributed by atoms with Crippen LogP contribution in [0, 0.1) is 11.6 Å². The summed E-state index contributed by atoms with van der Waals surface area (Å²) in [6.45, 7) is 7.28.